The summed E-state index contributed by atoms with van der Waals surface area (Å²) in [6.07, 6.45) is 3.95. The van der Waals surface area contributed by atoms with Gasteiger partial charge in [0.25, 0.3) is 0 Å². The molecular weight excluding hydrogens is 292 g/mol. The zero-order valence-electron chi connectivity index (χ0n) is 13.7. The molecule has 1 aromatic rings. The van der Waals surface area contributed by atoms with Crippen LogP contribution in [0.4, 0.5) is 11.4 Å². The summed E-state index contributed by atoms with van der Waals surface area (Å²) in [4.78, 5) is 0. The summed E-state index contributed by atoms with van der Waals surface area (Å²) in [6, 6.07) is 3.77. The van der Waals surface area contributed by atoms with Gasteiger partial charge in [0, 0.05) is 12.2 Å². The summed E-state index contributed by atoms with van der Waals surface area (Å²) >= 11 is 0. The van der Waals surface area contributed by atoms with Gasteiger partial charge in [0.05, 0.1) is 17.4 Å². The second kappa shape index (κ2) is 7.28. The Balaban J connectivity index is 1.90. The normalized spacial score (nSPS) is 17.8. The predicted molar refractivity (Wildman–Crippen MR) is 94.2 cm³/mol. The van der Waals surface area contributed by atoms with Crippen molar-refractivity contribution < 1.29 is 9.84 Å². The summed E-state index contributed by atoms with van der Waals surface area (Å²) in [5.74, 6) is 1.06. The lowest BCUT2D eigenvalue weighted by atomic mass is 10.0. The molecule has 0 spiro atoms. The quantitative estimate of drug-likeness (QED) is 0.404. The highest BCUT2D eigenvalue weighted by molar-refractivity contribution is 5.71. The maximum Gasteiger partial charge on any atom is 0.165 e. The van der Waals surface area contributed by atoms with Crippen molar-refractivity contribution in [2.45, 2.75) is 32.2 Å². The fourth-order valence-corrected chi connectivity index (χ4v) is 2.59. The van der Waals surface area contributed by atoms with Gasteiger partial charge in [0.1, 0.15) is 12.4 Å². The molecule has 0 saturated heterocycles. The number of nitrogens with two attached hydrogens (primary N) is 3. The number of allylic oxidation sites excluding steroid dienone is 1. The van der Waals surface area contributed by atoms with E-state index in [1.807, 2.05) is 12.1 Å². The molecule has 1 unspecified atom stereocenters. The number of ether oxygens (including phenoxy) is 1. The Hall–Kier alpha value is -2.34. The lowest BCUT2D eigenvalue weighted by Gasteiger charge is -2.21. The minimum absolute atomic E-state index is 0.00573. The van der Waals surface area contributed by atoms with Crippen LogP contribution in [-0.2, 0) is 0 Å². The van der Waals surface area contributed by atoms with Crippen LogP contribution in [0.2, 0.25) is 0 Å². The van der Waals surface area contributed by atoms with Gasteiger partial charge in [-0.05, 0) is 36.1 Å². The molecule has 1 aliphatic rings. The van der Waals surface area contributed by atoms with Crippen LogP contribution in [0.25, 0.3) is 0 Å². The number of benzene rings is 1. The molecule has 0 radical (unpaired) electrons. The van der Waals surface area contributed by atoms with E-state index in [1.165, 1.54) is 0 Å². The number of nitrogens with one attached hydrogen (secondary N) is 1. The lowest BCUT2D eigenvalue weighted by molar-refractivity contribution is 0.310. The Morgan fingerprint density at radius 3 is 2.70 bits per heavy atom. The Bertz CT molecular complexity index is 623. The van der Waals surface area contributed by atoms with E-state index in [1.54, 1.807) is 12.2 Å². The van der Waals surface area contributed by atoms with Crippen molar-refractivity contribution in [1.29, 1.82) is 0 Å². The van der Waals surface area contributed by atoms with Crippen molar-refractivity contribution >= 4 is 11.4 Å². The number of hydrogen-bond donors (Lipinski definition) is 5. The van der Waals surface area contributed by atoms with Crippen LogP contribution >= 0.6 is 0 Å². The molecule has 0 saturated carbocycles. The fourth-order valence-electron chi connectivity index (χ4n) is 2.59. The molecule has 0 amide bonds. The highest BCUT2D eigenvalue weighted by atomic mass is 16.5. The summed E-state index contributed by atoms with van der Waals surface area (Å²) < 4.78 is 5.77. The van der Waals surface area contributed by atoms with Crippen LogP contribution < -0.4 is 27.3 Å². The average molecular weight is 318 g/mol. The Morgan fingerprint density at radius 1 is 1.30 bits per heavy atom. The molecule has 0 aromatic heterocycles. The lowest BCUT2D eigenvalue weighted by Crippen LogP contribution is -2.37. The number of hydrogen-bond acceptors (Lipinski definition) is 6. The molecular formula is C17H26N4O2. The van der Waals surface area contributed by atoms with Crippen LogP contribution in [0.3, 0.4) is 0 Å². The van der Waals surface area contributed by atoms with E-state index >= 15 is 0 Å². The third-order valence-electron chi connectivity index (χ3n) is 3.90. The summed E-state index contributed by atoms with van der Waals surface area (Å²) in [5.41, 5.74) is 20.8. The minimum Gasteiger partial charge on any atom is -0.508 e. The second-order valence-electron chi connectivity index (χ2n) is 6.01. The van der Waals surface area contributed by atoms with Crippen molar-refractivity contribution in [2.24, 2.45) is 5.73 Å². The summed E-state index contributed by atoms with van der Waals surface area (Å²) in [5, 5.41) is 12.7. The van der Waals surface area contributed by atoms with Gasteiger partial charge in [-0.15, -0.1) is 0 Å². The molecule has 23 heavy (non-hydrogen) atoms. The molecule has 1 aliphatic carbocycles. The molecule has 8 N–H and O–H groups in total. The SMILES string of the molecule is CC(C)c1ccc(N)c(OCCNC2CC=C(O)C=C2N)c1N. The molecule has 0 fully saturated rings. The van der Waals surface area contributed by atoms with Gasteiger partial charge < -0.3 is 32.4 Å². The van der Waals surface area contributed by atoms with Crippen molar-refractivity contribution in [2.75, 3.05) is 24.6 Å². The largest absolute Gasteiger partial charge is 0.508 e. The van der Waals surface area contributed by atoms with Gasteiger partial charge in [-0.3, -0.25) is 0 Å². The van der Waals surface area contributed by atoms with Crippen LogP contribution in [0, 0.1) is 0 Å². The van der Waals surface area contributed by atoms with Gasteiger partial charge in [0.15, 0.2) is 5.75 Å². The van der Waals surface area contributed by atoms with Gasteiger partial charge in [0.2, 0.25) is 0 Å². The third kappa shape index (κ3) is 4.10. The molecule has 1 aromatic carbocycles. The van der Waals surface area contributed by atoms with Crippen LogP contribution in [-0.4, -0.2) is 24.3 Å². The first-order valence-corrected chi connectivity index (χ1v) is 7.80. The van der Waals surface area contributed by atoms with E-state index < -0.39 is 0 Å². The first-order chi connectivity index (χ1) is 10.9. The first kappa shape index (κ1) is 17.0. The molecule has 6 heteroatoms. The van der Waals surface area contributed by atoms with E-state index in [2.05, 4.69) is 19.2 Å². The molecule has 2 rings (SSSR count). The first-order valence-electron chi connectivity index (χ1n) is 7.80. The predicted octanol–water partition coefficient (Wildman–Crippen LogP) is 2.00. The van der Waals surface area contributed by atoms with Gasteiger partial charge >= 0.3 is 0 Å². The molecule has 0 heterocycles. The maximum absolute atomic E-state index is 9.37. The zero-order chi connectivity index (χ0) is 17.0. The minimum atomic E-state index is 0.00573. The standard InChI is InChI=1S/C17H26N4O2/c1-10(2)12-4-5-13(18)17(16(12)20)23-8-7-21-15-6-3-11(22)9-14(15)19/h3-5,9-10,15,21-22H,6-8,18-20H2,1-2H3. The van der Waals surface area contributed by atoms with E-state index in [4.69, 9.17) is 21.9 Å². The summed E-state index contributed by atoms with van der Waals surface area (Å²) in [6.45, 7) is 5.18. The van der Waals surface area contributed by atoms with E-state index in [-0.39, 0.29) is 11.8 Å². The smallest absolute Gasteiger partial charge is 0.165 e. The monoisotopic (exact) mass is 318 g/mol. The molecule has 126 valence electrons. The van der Waals surface area contributed by atoms with Crippen LogP contribution in [0.1, 0.15) is 31.7 Å². The Labute approximate surface area is 137 Å². The second-order valence-corrected chi connectivity index (χ2v) is 6.01. The third-order valence-corrected chi connectivity index (χ3v) is 3.90. The Kier molecular flexibility index (Phi) is 5.39. The number of aliphatic hydroxyl groups excluding tert-OH is 1. The van der Waals surface area contributed by atoms with Gasteiger partial charge in [-0.2, -0.15) is 0 Å². The highest BCUT2D eigenvalue weighted by Crippen LogP contribution is 2.35. The number of rotatable bonds is 6. The van der Waals surface area contributed by atoms with E-state index in [0.717, 1.165) is 5.56 Å². The molecule has 6 nitrogen and oxygen atoms in total. The topological polar surface area (TPSA) is 120 Å². The van der Waals surface area contributed by atoms with Gasteiger partial charge in [-0.1, -0.05) is 19.9 Å². The van der Waals surface area contributed by atoms with Crippen molar-refractivity contribution in [3.05, 3.63) is 41.3 Å². The Morgan fingerprint density at radius 2 is 2.04 bits per heavy atom. The van der Waals surface area contributed by atoms with Crippen LogP contribution in [0.5, 0.6) is 5.75 Å². The number of aliphatic hydroxyl groups is 1. The van der Waals surface area contributed by atoms with Gasteiger partial charge in [-0.25, -0.2) is 0 Å². The highest BCUT2D eigenvalue weighted by Gasteiger charge is 2.15. The molecule has 1 atom stereocenters. The van der Waals surface area contributed by atoms with Crippen LogP contribution in [0.15, 0.2) is 35.7 Å². The molecule has 0 bridgehead atoms. The van der Waals surface area contributed by atoms with Crippen molar-refractivity contribution in [3.8, 4) is 5.75 Å². The van der Waals surface area contributed by atoms with E-state index in [0.29, 0.717) is 48.3 Å². The summed E-state index contributed by atoms with van der Waals surface area (Å²) in [7, 11) is 0. The van der Waals surface area contributed by atoms with Crippen molar-refractivity contribution in [1.82, 2.24) is 5.32 Å². The molecule has 0 aliphatic heterocycles. The number of anilines is 2. The van der Waals surface area contributed by atoms with Crippen molar-refractivity contribution in [3.63, 3.8) is 0 Å². The fraction of sp³-hybridized carbons (Fsp3) is 0.412. The van der Waals surface area contributed by atoms with E-state index in [9.17, 15) is 5.11 Å². The maximum atomic E-state index is 9.37. The zero-order valence-corrected chi connectivity index (χ0v) is 13.7. The number of nitrogen functional groups attached to an aromatic ring is 2. The average Bonchev–Trinajstić information content (AvgIpc) is 2.47.